The number of fused-ring (bicyclic) bond motifs is 2. The number of hydrogen-bond donors (Lipinski definition) is 3. The fourth-order valence-electron chi connectivity index (χ4n) is 7.20. The first-order valence-electron chi connectivity index (χ1n) is 11.7. The summed E-state index contributed by atoms with van der Waals surface area (Å²) in [6, 6.07) is 3.64. The Labute approximate surface area is 188 Å². The average Bonchev–Trinajstić information content (AvgIpc) is 3.28. The van der Waals surface area contributed by atoms with Crippen LogP contribution in [-0.2, 0) is 18.3 Å². The molecule has 2 aromatic rings. The van der Waals surface area contributed by atoms with Gasteiger partial charge in [-0.05, 0) is 70.0 Å². The fourth-order valence-corrected chi connectivity index (χ4v) is 7.20. The van der Waals surface area contributed by atoms with Crippen LogP contribution in [-0.4, -0.2) is 69.2 Å². The number of piperidine rings is 1. The minimum atomic E-state index is -1.04. The predicted octanol–water partition coefficient (Wildman–Crippen LogP) is 2.43. The van der Waals surface area contributed by atoms with E-state index in [0.29, 0.717) is 31.0 Å². The van der Waals surface area contributed by atoms with Crippen LogP contribution in [0.3, 0.4) is 0 Å². The van der Waals surface area contributed by atoms with E-state index in [1.807, 2.05) is 31.7 Å². The molecule has 1 saturated heterocycles. The third-order valence-corrected chi connectivity index (χ3v) is 8.87. The van der Waals surface area contributed by atoms with Crippen LogP contribution in [0.5, 0.6) is 11.5 Å². The lowest BCUT2D eigenvalue weighted by Gasteiger charge is -2.62. The number of carbonyl (C=O) groups is 1. The van der Waals surface area contributed by atoms with E-state index in [1.165, 1.54) is 0 Å². The van der Waals surface area contributed by atoms with Crippen molar-refractivity contribution in [2.45, 2.75) is 63.2 Å². The molecule has 1 aromatic heterocycles. The highest BCUT2D eigenvalue weighted by Gasteiger charge is 2.72. The summed E-state index contributed by atoms with van der Waals surface area (Å²) >= 11 is 0. The number of aromatic hydroxyl groups is 1. The highest BCUT2D eigenvalue weighted by atomic mass is 16.5. The lowest BCUT2D eigenvalue weighted by molar-refractivity contribution is -0.167. The van der Waals surface area contributed by atoms with Gasteiger partial charge in [-0.25, -0.2) is 0 Å². The molecule has 2 bridgehead atoms. The summed E-state index contributed by atoms with van der Waals surface area (Å²) in [5, 5.41) is 23.2. The number of aromatic amines is 1. The minimum absolute atomic E-state index is 0.0199. The Morgan fingerprint density at radius 1 is 1.34 bits per heavy atom. The van der Waals surface area contributed by atoms with Crippen molar-refractivity contribution in [1.29, 1.82) is 0 Å². The Balaban J connectivity index is 1.60. The quantitative estimate of drug-likeness (QED) is 0.686. The van der Waals surface area contributed by atoms with Crippen LogP contribution in [0.25, 0.3) is 0 Å². The summed E-state index contributed by atoms with van der Waals surface area (Å²) in [5.74, 6) is 0.607. The number of aromatic nitrogens is 1. The molecule has 3 N–H and O–H groups in total. The number of likely N-dealkylation sites (tertiary alicyclic amines) is 1. The second kappa shape index (κ2) is 6.29. The molecule has 1 aromatic carbocycles. The van der Waals surface area contributed by atoms with Gasteiger partial charge in [0.2, 0.25) is 0 Å². The number of ether oxygens (including phenoxy) is 1. The number of carbonyl (C=O) groups excluding carboxylic acids is 1. The van der Waals surface area contributed by atoms with E-state index in [0.717, 1.165) is 47.3 Å². The zero-order valence-electron chi connectivity index (χ0n) is 19.2. The van der Waals surface area contributed by atoms with Gasteiger partial charge in [-0.3, -0.25) is 4.79 Å². The summed E-state index contributed by atoms with van der Waals surface area (Å²) in [6.07, 6.45) is 1.48. The van der Waals surface area contributed by atoms with Gasteiger partial charge in [-0.1, -0.05) is 6.07 Å². The highest BCUT2D eigenvalue weighted by molar-refractivity contribution is 5.94. The van der Waals surface area contributed by atoms with Crippen LogP contribution in [0.2, 0.25) is 0 Å². The van der Waals surface area contributed by atoms with Crippen molar-refractivity contribution in [3.05, 3.63) is 45.8 Å². The molecule has 0 saturated carbocycles. The molecule has 0 radical (unpaired) electrons. The molecule has 4 unspecified atom stereocenters. The molecule has 32 heavy (non-hydrogen) atoms. The zero-order valence-corrected chi connectivity index (χ0v) is 19.2. The Bertz CT molecular complexity index is 1150. The minimum Gasteiger partial charge on any atom is -0.504 e. The number of H-pyrrole nitrogens is 1. The number of rotatable bonds is 3. The van der Waals surface area contributed by atoms with Gasteiger partial charge in [0, 0.05) is 31.1 Å². The first-order valence-corrected chi connectivity index (χ1v) is 11.7. The first-order chi connectivity index (χ1) is 15.3. The molecule has 4 aliphatic rings. The van der Waals surface area contributed by atoms with Crippen molar-refractivity contribution in [3.63, 3.8) is 0 Å². The monoisotopic (exact) mass is 437 g/mol. The van der Waals surface area contributed by atoms with Gasteiger partial charge in [0.25, 0.3) is 5.91 Å². The first kappa shape index (κ1) is 20.1. The van der Waals surface area contributed by atoms with E-state index in [-0.39, 0.29) is 17.7 Å². The van der Waals surface area contributed by atoms with Crippen molar-refractivity contribution in [2.75, 3.05) is 26.7 Å². The summed E-state index contributed by atoms with van der Waals surface area (Å²) in [6.45, 7) is 8.07. The van der Waals surface area contributed by atoms with E-state index in [1.54, 1.807) is 6.07 Å². The summed E-state index contributed by atoms with van der Waals surface area (Å²) in [5.41, 5.74) is 3.81. The van der Waals surface area contributed by atoms with Crippen molar-refractivity contribution in [2.24, 2.45) is 0 Å². The van der Waals surface area contributed by atoms with Gasteiger partial charge in [-0.15, -0.1) is 0 Å². The number of hydrogen-bond acceptors (Lipinski definition) is 5. The highest BCUT2D eigenvalue weighted by Crippen LogP contribution is 2.68. The standard InChI is InChI=1S/C25H31N3O4/c1-5-28(6-2)23(30)19-13(3)15-12-25(31)17-11-14-7-8-16(29)21-18(14)24(25,9-10-27(17)4)22(32-21)20(15)26-19/h7-8,17,22,26,29,31H,5-6,9-12H2,1-4H3. The van der Waals surface area contributed by atoms with Crippen molar-refractivity contribution in [1.82, 2.24) is 14.8 Å². The maximum absolute atomic E-state index is 13.3. The molecule has 1 spiro atoms. The summed E-state index contributed by atoms with van der Waals surface area (Å²) < 4.78 is 6.51. The number of nitrogens with one attached hydrogen (secondary N) is 1. The third-order valence-electron chi connectivity index (χ3n) is 8.87. The lowest BCUT2D eigenvalue weighted by atomic mass is 9.49. The molecule has 6 rings (SSSR count). The van der Waals surface area contributed by atoms with Crippen LogP contribution in [0.1, 0.15) is 64.8 Å². The number of amides is 1. The third kappa shape index (κ3) is 2.07. The van der Waals surface area contributed by atoms with Crippen LogP contribution in [0.15, 0.2) is 12.1 Å². The van der Waals surface area contributed by atoms with Crippen LogP contribution in [0.4, 0.5) is 0 Å². The van der Waals surface area contributed by atoms with Crippen LogP contribution >= 0.6 is 0 Å². The maximum Gasteiger partial charge on any atom is 0.270 e. The van der Waals surface area contributed by atoms with Gasteiger partial charge in [-0.2, -0.15) is 0 Å². The van der Waals surface area contributed by atoms with Crippen LogP contribution in [0, 0.1) is 6.92 Å². The van der Waals surface area contributed by atoms with Gasteiger partial charge < -0.3 is 29.7 Å². The number of likely N-dealkylation sites (N-methyl/N-ethyl adjacent to an activating group) is 1. The van der Waals surface area contributed by atoms with E-state index in [9.17, 15) is 15.0 Å². The molecular formula is C25H31N3O4. The zero-order chi connectivity index (χ0) is 22.6. The largest absolute Gasteiger partial charge is 0.504 e. The second-order valence-electron chi connectivity index (χ2n) is 9.96. The number of nitrogens with zero attached hydrogens (tertiary/aromatic N) is 2. The molecule has 7 nitrogen and oxygen atoms in total. The number of phenols is 1. The maximum atomic E-state index is 13.3. The van der Waals surface area contributed by atoms with Crippen molar-refractivity contribution < 1.29 is 19.7 Å². The van der Waals surface area contributed by atoms with Gasteiger partial charge in [0.1, 0.15) is 5.69 Å². The molecule has 2 aliphatic heterocycles. The predicted molar refractivity (Wildman–Crippen MR) is 119 cm³/mol. The number of aliphatic hydroxyl groups is 1. The Hall–Kier alpha value is -2.51. The molecule has 4 atom stereocenters. The average molecular weight is 438 g/mol. The summed E-state index contributed by atoms with van der Waals surface area (Å²) in [7, 11) is 2.08. The molecule has 2 aliphatic carbocycles. The van der Waals surface area contributed by atoms with E-state index in [2.05, 4.69) is 16.9 Å². The fraction of sp³-hybridized carbons (Fsp3) is 0.560. The molecular weight excluding hydrogens is 406 g/mol. The van der Waals surface area contributed by atoms with Gasteiger partial charge >= 0.3 is 0 Å². The van der Waals surface area contributed by atoms with Crippen LogP contribution < -0.4 is 4.74 Å². The Kier molecular flexibility index (Phi) is 3.96. The normalized spacial score (nSPS) is 31.7. The Morgan fingerprint density at radius 3 is 2.81 bits per heavy atom. The SMILES string of the molecule is CCN(CC)C(=O)c1[nH]c2c(c1C)CC1(O)C3Cc4ccc(O)c5c4C1(CCN3C)C2O5. The van der Waals surface area contributed by atoms with Crippen molar-refractivity contribution in [3.8, 4) is 11.5 Å². The molecule has 1 fully saturated rings. The van der Waals surface area contributed by atoms with E-state index < -0.39 is 17.1 Å². The molecule has 7 heteroatoms. The summed E-state index contributed by atoms with van der Waals surface area (Å²) in [4.78, 5) is 20.8. The topological polar surface area (TPSA) is 89.0 Å². The lowest BCUT2D eigenvalue weighted by Crippen LogP contribution is -2.73. The van der Waals surface area contributed by atoms with Gasteiger partial charge in [0.15, 0.2) is 17.6 Å². The van der Waals surface area contributed by atoms with Gasteiger partial charge in [0.05, 0.1) is 16.7 Å². The molecule has 170 valence electrons. The molecule has 3 heterocycles. The van der Waals surface area contributed by atoms with E-state index in [4.69, 9.17) is 4.74 Å². The number of phenolic OH excluding ortho intramolecular Hbond substituents is 1. The number of benzene rings is 1. The van der Waals surface area contributed by atoms with Crippen molar-refractivity contribution >= 4 is 5.91 Å². The Morgan fingerprint density at radius 2 is 2.09 bits per heavy atom. The molecule has 1 amide bonds. The van der Waals surface area contributed by atoms with E-state index >= 15 is 0 Å². The smallest absolute Gasteiger partial charge is 0.270 e. The second-order valence-corrected chi connectivity index (χ2v) is 9.96.